The number of carbonyl (C=O) groups excluding carboxylic acids is 1. The molecule has 1 aromatic rings. The topological polar surface area (TPSA) is 69.7 Å². The van der Waals surface area contributed by atoms with E-state index in [2.05, 4.69) is 34.5 Å². The number of benzene rings is 1. The summed E-state index contributed by atoms with van der Waals surface area (Å²) in [4.78, 5) is 16.4. The summed E-state index contributed by atoms with van der Waals surface area (Å²) in [6, 6.07) is 9.08. The molecule has 0 aromatic heterocycles. The molecule has 1 atom stereocenters. The Labute approximate surface area is 150 Å². The van der Waals surface area contributed by atoms with Crippen molar-refractivity contribution in [2.24, 2.45) is 0 Å². The van der Waals surface area contributed by atoms with E-state index >= 15 is 0 Å². The summed E-state index contributed by atoms with van der Waals surface area (Å²) in [5.74, 6) is -0.0137. The van der Waals surface area contributed by atoms with Crippen molar-refractivity contribution in [3.63, 3.8) is 0 Å². The zero-order chi connectivity index (χ0) is 17.9. The average molecular weight is 365 g/mol. The summed E-state index contributed by atoms with van der Waals surface area (Å²) in [5, 5.41) is 2.71. The highest BCUT2D eigenvalue weighted by Crippen LogP contribution is 2.25. The Bertz CT molecular complexity index is 712. The van der Waals surface area contributed by atoms with Gasteiger partial charge in [-0.2, -0.15) is 0 Å². The Kier molecular flexibility index (Phi) is 5.64. The standard InChI is InChI=1S/C18H27N3O3S/c1-25(23,24)13-8-19-18(22)21-11-9-20(10-12-21)17-7-6-15-4-2-3-5-16(15)14-17/h2-5,17H,6-14H2,1H3,(H,19,22)/t17-/m1/s1. The number of nitrogens with zero attached hydrogens (tertiary/aromatic N) is 2. The van der Waals surface area contributed by atoms with E-state index in [1.807, 2.05) is 0 Å². The molecular weight excluding hydrogens is 338 g/mol. The third-order valence-electron chi connectivity index (χ3n) is 5.19. The highest BCUT2D eigenvalue weighted by Gasteiger charge is 2.28. The van der Waals surface area contributed by atoms with E-state index in [4.69, 9.17) is 0 Å². The van der Waals surface area contributed by atoms with Gasteiger partial charge in [0.05, 0.1) is 5.75 Å². The smallest absolute Gasteiger partial charge is 0.317 e. The van der Waals surface area contributed by atoms with Crippen LogP contribution in [-0.2, 0) is 22.7 Å². The molecular formula is C18H27N3O3S. The number of aryl methyl sites for hydroxylation is 1. The minimum absolute atomic E-state index is 0.0137. The largest absolute Gasteiger partial charge is 0.337 e. The van der Waals surface area contributed by atoms with E-state index in [-0.39, 0.29) is 18.3 Å². The van der Waals surface area contributed by atoms with Crippen LogP contribution in [0.25, 0.3) is 0 Å². The number of urea groups is 1. The molecule has 7 heteroatoms. The van der Waals surface area contributed by atoms with Gasteiger partial charge >= 0.3 is 6.03 Å². The number of sulfone groups is 1. The van der Waals surface area contributed by atoms with Crippen molar-refractivity contribution in [1.82, 2.24) is 15.1 Å². The van der Waals surface area contributed by atoms with E-state index in [1.165, 1.54) is 23.8 Å². The predicted molar refractivity (Wildman–Crippen MR) is 98.5 cm³/mol. The molecule has 0 saturated carbocycles. The van der Waals surface area contributed by atoms with Crippen LogP contribution in [0.1, 0.15) is 17.5 Å². The molecule has 0 bridgehead atoms. The number of fused-ring (bicyclic) bond motifs is 1. The number of hydrogen-bond donors (Lipinski definition) is 1. The normalized spacial score (nSPS) is 21.6. The molecule has 2 aliphatic rings. The first-order chi connectivity index (χ1) is 11.9. The number of carbonyl (C=O) groups is 1. The molecule has 0 radical (unpaired) electrons. The molecule has 1 aliphatic carbocycles. The second-order valence-electron chi connectivity index (χ2n) is 7.05. The molecule has 3 rings (SSSR count). The van der Waals surface area contributed by atoms with Crippen molar-refractivity contribution in [2.75, 3.05) is 44.7 Å². The highest BCUT2D eigenvalue weighted by molar-refractivity contribution is 7.90. The van der Waals surface area contributed by atoms with Crippen LogP contribution in [0, 0.1) is 0 Å². The molecule has 2 amide bonds. The number of rotatable bonds is 4. The lowest BCUT2D eigenvalue weighted by molar-refractivity contribution is 0.102. The van der Waals surface area contributed by atoms with Gasteiger partial charge in [-0.1, -0.05) is 24.3 Å². The second kappa shape index (κ2) is 7.74. The first kappa shape index (κ1) is 18.2. The lowest BCUT2D eigenvalue weighted by atomic mass is 9.87. The van der Waals surface area contributed by atoms with Crippen LogP contribution in [0.5, 0.6) is 0 Å². The Balaban J connectivity index is 1.45. The van der Waals surface area contributed by atoms with Crippen molar-refractivity contribution >= 4 is 15.9 Å². The molecule has 0 unspecified atom stereocenters. The molecule has 1 aliphatic heterocycles. The lowest BCUT2D eigenvalue weighted by Gasteiger charge is -2.41. The maximum absolute atomic E-state index is 12.1. The van der Waals surface area contributed by atoms with Gasteiger partial charge in [-0.15, -0.1) is 0 Å². The average Bonchev–Trinajstić information content (AvgIpc) is 2.60. The molecule has 1 N–H and O–H groups in total. The minimum atomic E-state index is -3.04. The Morgan fingerprint density at radius 3 is 2.52 bits per heavy atom. The van der Waals surface area contributed by atoms with Crippen LogP contribution in [0.2, 0.25) is 0 Å². The zero-order valence-corrected chi connectivity index (χ0v) is 15.6. The van der Waals surface area contributed by atoms with Gasteiger partial charge in [0.1, 0.15) is 9.84 Å². The molecule has 1 saturated heterocycles. The molecule has 1 fully saturated rings. The van der Waals surface area contributed by atoms with Crippen molar-refractivity contribution in [2.45, 2.75) is 25.3 Å². The van der Waals surface area contributed by atoms with Gasteiger partial charge in [0, 0.05) is 45.0 Å². The summed E-state index contributed by atoms with van der Waals surface area (Å²) < 4.78 is 22.2. The zero-order valence-electron chi connectivity index (χ0n) is 14.8. The minimum Gasteiger partial charge on any atom is -0.337 e. The maximum Gasteiger partial charge on any atom is 0.317 e. The van der Waals surface area contributed by atoms with E-state index in [1.54, 1.807) is 4.90 Å². The van der Waals surface area contributed by atoms with E-state index < -0.39 is 9.84 Å². The van der Waals surface area contributed by atoms with Gasteiger partial charge in [0.25, 0.3) is 0 Å². The summed E-state index contributed by atoms with van der Waals surface area (Å²) >= 11 is 0. The lowest BCUT2D eigenvalue weighted by Crippen LogP contribution is -2.55. The number of piperazine rings is 1. The summed E-state index contributed by atoms with van der Waals surface area (Å²) in [7, 11) is -3.04. The first-order valence-electron chi connectivity index (χ1n) is 8.94. The predicted octanol–water partition coefficient (Wildman–Crippen LogP) is 0.916. The SMILES string of the molecule is CS(=O)(=O)CCNC(=O)N1CCN([C@@H]2CCc3ccccc3C2)CC1. The van der Waals surface area contributed by atoms with Crippen molar-refractivity contribution < 1.29 is 13.2 Å². The summed E-state index contributed by atoms with van der Waals surface area (Å²) in [6.07, 6.45) is 4.58. The van der Waals surface area contributed by atoms with Crippen LogP contribution in [0.15, 0.2) is 24.3 Å². The van der Waals surface area contributed by atoms with Crippen molar-refractivity contribution in [1.29, 1.82) is 0 Å². The first-order valence-corrected chi connectivity index (χ1v) is 11.0. The number of amides is 2. The quantitative estimate of drug-likeness (QED) is 0.861. The molecule has 0 spiro atoms. The van der Waals surface area contributed by atoms with Gasteiger partial charge in [-0.3, -0.25) is 4.90 Å². The van der Waals surface area contributed by atoms with E-state index in [0.29, 0.717) is 19.1 Å². The maximum atomic E-state index is 12.1. The summed E-state index contributed by atoms with van der Waals surface area (Å²) in [5.41, 5.74) is 2.93. The number of hydrogen-bond acceptors (Lipinski definition) is 4. The molecule has 1 aromatic carbocycles. The summed E-state index contributed by atoms with van der Waals surface area (Å²) in [6.45, 7) is 3.33. The Hall–Kier alpha value is -1.60. The van der Waals surface area contributed by atoms with Gasteiger partial charge in [-0.05, 0) is 30.4 Å². The third-order valence-corrected chi connectivity index (χ3v) is 6.13. The van der Waals surface area contributed by atoms with Crippen LogP contribution >= 0.6 is 0 Å². The van der Waals surface area contributed by atoms with Gasteiger partial charge < -0.3 is 10.2 Å². The van der Waals surface area contributed by atoms with Gasteiger partial charge in [0.2, 0.25) is 0 Å². The molecule has 1 heterocycles. The van der Waals surface area contributed by atoms with E-state index in [9.17, 15) is 13.2 Å². The highest BCUT2D eigenvalue weighted by atomic mass is 32.2. The number of nitrogens with one attached hydrogen (secondary N) is 1. The fourth-order valence-electron chi connectivity index (χ4n) is 3.74. The van der Waals surface area contributed by atoms with Crippen LogP contribution in [-0.4, -0.2) is 75.0 Å². The molecule has 25 heavy (non-hydrogen) atoms. The van der Waals surface area contributed by atoms with Crippen LogP contribution in [0.4, 0.5) is 4.79 Å². The second-order valence-corrected chi connectivity index (χ2v) is 9.31. The van der Waals surface area contributed by atoms with Crippen LogP contribution in [0.3, 0.4) is 0 Å². The van der Waals surface area contributed by atoms with Crippen LogP contribution < -0.4 is 5.32 Å². The fraction of sp³-hybridized carbons (Fsp3) is 0.611. The third kappa shape index (κ3) is 4.95. The molecule has 138 valence electrons. The fourth-order valence-corrected chi connectivity index (χ4v) is 4.21. The molecule has 6 nitrogen and oxygen atoms in total. The Morgan fingerprint density at radius 2 is 1.84 bits per heavy atom. The van der Waals surface area contributed by atoms with Gasteiger partial charge in [-0.25, -0.2) is 13.2 Å². The van der Waals surface area contributed by atoms with Crippen molar-refractivity contribution in [3.8, 4) is 0 Å². The van der Waals surface area contributed by atoms with Gasteiger partial charge in [0.15, 0.2) is 0 Å². The monoisotopic (exact) mass is 365 g/mol. The Morgan fingerprint density at radius 1 is 1.16 bits per heavy atom. The van der Waals surface area contributed by atoms with Crippen molar-refractivity contribution in [3.05, 3.63) is 35.4 Å². The van der Waals surface area contributed by atoms with E-state index in [0.717, 1.165) is 25.9 Å².